The molecule has 1 radical (unpaired) electrons. The number of nitrogens with zero attached hydrogens (tertiary/aromatic N) is 5. The molecule has 0 bridgehead atoms. The van der Waals surface area contributed by atoms with E-state index in [4.69, 9.17) is 5.11 Å². The number of rotatable bonds is 6. The molecule has 0 unspecified atom stereocenters. The predicted molar refractivity (Wildman–Crippen MR) is 101 cm³/mol. The molecule has 163 valence electrons. The van der Waals surface area contributed by atoms with Gasteiger partial charge in [-0.25, -0.2) is 10.2 Å². The van der Waals surface area contributed by atoms with Crippen LogP contribution in [0.1, 0.15) is 29.8 Å². The molecule has 0 aliphatic carbocycles. The van der Waals surface area contributed by atoms with E-state index in [9.17, 15) is 24.6 Å². The summed E-state index contributed by atoms with van der Waals surface area (Å²) in [5.41, 5.74) is 2.25. The molecule has 13 heteroatoms. The number of hydrogen-bond donors (Lipinski definition) is 2. The minimum absolute atomic E-state index is 0. The zero-order chi connectivity index (χ0) is 22.5. The van der Waals surface area contributed by atoms with Crippen molar-refractivity contribution in [3.8, 4) is 0 Å². The molecule has 0 aromatic carbocycles. The topological polar surface area (TPSA) is 192 Å². The summed E-state index contributed by atoms with van der Waals surface area (Å²) in [6, 6.07) is 5.91. The first-order valence-corrected chi connectivity index (χ1v) is 8.11. The van der Waals surface area contributed by atoms with Crippen LogP contribution in [-0.4, -0.2) is 50.2 Å². The Bertz CT molecular complexity index is 980. The van der Waals surface area contributed by atoms with E-state index in [1.165, 1.54) is 62.9 Å². The number of carbonyl (C=O) groups excluding carboxylic acids is 2. The van der Waals surface area contributed by atoms with Crippen LogP contribution in [0, 0.1) is 0 Å². The van der Waals surface area contributed by atoms with E-state index in [0.717, 1.165) is 0 Å². The Morgan fingerprint density at radius 2 is 1.35 bits per heavy atom. The van der Waals surface area contributed by atoms with Gasteiger partial charge in [0.2, 0.25) is 0 Å². The summed E-state index contributed by atoms with van der Waals surface area (Å²) in [5.74, 6) is -3.73. The summed E-state index contributed by atoms with van der Waals surface area (Å²) in [6.45, 7) is 2.48. The summed E-state index contributed by atoms with van der Waals surface area (Å²) in [4.78, 5) is 39.4. The number of hydrogen-bond acceptors (Lipinski definition) is 10. The molecule has 0 aliphatic heterocycles. The molecule has 2 aromatic heterocycles. The molecule has 0 spiro atoms. The third-order valence-electron chi connectivity index (χ3n) is 3.09. The van der Waals surface area contributed by atoms with E-state index >= 15 is 0 Å². The molecule has 0 aliphatic rings. The van der Waals surface area contributed by atoms with E-state index in [1.54, 1.807) is 0 Å². The standard InChI is InChI=1S/2C9H9N3O3.Co/c2*1-6(9(14)15)11-12-8(13)7-2-4-10-5-3-7;/h2*2-5H,1H3,(H,12,13)(H,14,15);/q;;+2/p-2/b2*11-6-;. The smallest absolute Gasteiger partial charge is 0.857 e. The molecule has 0 fully saturated rings. The maximum Gasteiger partial charge on any atom is 2.00 e. The van der Waals surface area contributed by atoms with Crippen LogP contribution in [0.3, 0.4) is 0 Å². The fourth-order valence-electron chi connectivity index (χ4n) is 1.46. The first-order valence-electron chi connectivity index (χ1n) is 8.11. The average Bonchev–Trinajstić information content (AvgIpc) is 2.76. The van der Waals surface area contributed by atoms with Gasteiger partial charge in [0.1, 0.15) is 5.71 Å². The van der Waals surface area contributed by atoms with Crippen molar-refractivity contribution >= 4 is 35.2 Å². The van der Waals surface area contributed by atoms with E-state index in [2.05, 4.69) is 30.7 Å². The average molecular weight is 471 g/mol. The molecule has 12 nitrogen and oxygen atoms in total. The van der Waals surface area contributed by atoms with Crippen molar-refractivity contribution in [3.05, 3.63) is 60.2 Å². The van der Waals surface area contributed by atoms with Crippen LogP contribution in [0.4, 0.5) is 0 Å². The maximum atomic E-state index is 11.3. The number of aliphatic carboxylic acids is 2. The largest absolute Gasteiger partial charge is 2.00 e. The molecule has 0 saturated carbocycles. The number of carboxylic acid groups (broad SMARTS) is 2. The van der Waals surface area contributed by atoms with Gasteiger partial charge in [0.25, 0.3) is 5.91 Å². The molecule has 2 N–H and O–H groups in total. The van der Waals surface area contributed by atoms with Crippen LogP contribution < -0.4 is 15.6 Å². The van der Waals surface area contributed by atoms with Crippen LogP contribution in [0.2, 0.25) is 0 Å². The number of hydrazone groups is 1. The summed E-state index contributed by atoms with van der Waals surface area (Å²) in [6.07, 6.45) is 5.78. The van der Waals surface area contributed by atoms with Crippen LogP contribution in [0.5, 0.6) is 0 Å². The number of aromatic nitrogens is 2. The number of carbonyl (C=O) groups is 3. The van der Waals surface area contributed by atoms with Gasteiger partial charge >= 0.3 is 22.7 Å². The minimum Gasteiger partial charge on any atom is -0.857 e. The van der Waals surface area contributed by atoms with Gasteiger partial charge in [0, 0.05) is 36.2 Å². The van der Waals surface area contributed by atoms with Crippen molar-refractivity contribution in [1.82, 2.24) is 15.4 Å². The Balaban J connectivity index is 0.000000562. The SMILES string of the molecule is C/C(=N/N=C([O-])c1ccncc1)C(=O)[O-].C/C(=N/NC(=O)c1ccncc1)C(=O)O.[Co+2]. The Hall–Kier alpha value is -3.97. The Kier molecular flexibility index (Phi) is 12.3. The monoisotopic (exact) mass is 471 g/mol. The molecule has 2 aromatic rings. The first kappa shape index (κ1) is 27.0. The molecule has 2 rings (SSSR count). The van der Waals surface area contributed by atoms with E-state index in [0.29, 0.717) is 11.1 Å². The van der Waals surface area contributed by atoms with Crippen molar-refractivity contribution in [2.45, 2.75) is 13.8 Å². The van der Waals surface area contributed by atoms with Crippen molar-refractivity contribution < 1.29 is 46.5 Å². The first-order chi connectivity index (χ1) is 14.2. The third kappa shape index (κ3) is 10.4. The van der Waals surface area contributed by atoms with Gasteiger partial charge in [-0.3, -0.25) is 14.8 Å². The molecular weight excluding hydrogens is 455 g/mol. The maximum absolute atomic E-state index is 11.3. The van der Waals surface area contributed by atoms with Gasteiger partial charge in [0.05, 0.1) is 11.7 Å². The van der Waals surface area contributed by atoms with E-state index < -0.39 is 23.7 Å². The van der Waals surface area contributed by atoms with Gasteiger partial charge < -0.3 is 20.1 Å². The van der Waals surface area contributed by atoms with Crippen LogP contribution in [0.15, 0.2) is 64.4 Å². The fraction of sp³-hybridized carbons (Fsp3) is 0.111. The van der Waals surface area contributed by atoms with Crippen molar-refractivity contribution in [2.75, 3.05) is 0 Å². The third-order valence-corrected chi connectivity index (χ3v) is 3.09. The zero-order valence-electron chi connectivity index (χ0n) is 16.2. The van der Waals surface area contributed by atoms with Crippen molar-refractivity contribution in [1.29, 1.82) is 0 Å². The normalized spacial score (nSPS) is 11.4. The van der Waals surface area contributed by atoms with Crippen LogP contribution >= 0.6 is 0 Å². The molecule has 0 saturated heterocycles. The number of nitrogens with one attached hydrogen (secondary N) is 1. The van der Waals surface area contributed by atoms with E-state index in [1.807, 2.05) is 0 Å². The molecule has 1 amide bonds. The quantitative estimate of drug-likeness (QED) is 0.291. The second kappa shape index (κ2) is 14.1. The van der Waals surface area contributed by atoms with Gasteiger partial charge in [-0.05, 0) is 43.7 Å². The molecule has 2 heterocycles. The van der Waals surface area contributed by atoms with Crippen LogP contribution in [-0.2, 0) is 26.4 Å². The fourth-order valence-corrected chi connectivity index (χ4v) is 1.46. The summed E-state index contributed by atoms with van der Waals surface area (Å²) < 4.78 is 0. The summed E-state index contributed by atoms with van der Waals surface area (Å²) in [5, 5.41) is 39.8. The van der Waals surface area contributed by atoms with Gasteiger partial charge in [-0.15, -0.1) is 0 Å². The number of carboxylic acids is 2. The minimum atomic E-state index is -1.46. The zero-order valence-corrected chi connectivity index (χ0v) is 17.2. The second-order valence-electron chi connectivity index (χ2n) is 5.29. The Labute approximate surface area is 186 Å². The number of amides is 1. The molecule has 31 heavy (non-hydrogen) atoms. The van der Waals surface area contributed by atoms with Gasteiger partial charge in [-0.2, -0.15) is 15.3 Å². The van der Waals surface area contributed by atoms with E-state index in [-0.39, 0.29) is 28.2 Å². The predicted octanol–water partition coefficient (Wildman–Crippen LogP) is -1.42. The Morgan fingerprint density at radius 3 is 1.81 bits per heavy atom. The summed E-state index contributed by atoms with van der Waals surface area (Å²) >= 11 is 0. The number of pyridine rings is 2. The molecule has 0 atom stereocenters. The Morgan fingerprint density at radius 1 is 0.871 bits per heavy atom. The second-order valence-corrected chi connectivity index (χ2v) is 5.29. The van der Waals surface area contributed by atoms with Crippen molar-refractivity contribution in [2.24, 2.45) is 15.3 Å². The molecular formula is C18H16CoN6O6. The van der Waals surface area contributed by atoms with Gasteiger partial charge in [0.15, 0.2) is 0 Å². The van der Waals surface area contributed by atoms with Gasteiger partial charge in [-0.1, -0.05) is 0 Å². The van der Waals surface area contributed by atoms with Crippen molar-refractivity contribution in [3.63, 3.8) is 0 Å². The van der Waals surface area contributed by atoms with Crippen LogP contribution in [0.25, 0.3) is 0 Å². The summed E-state index contributed by atoms with van der Waals surface area (Å²) in [7, 11) is 0.